The molecule has 4 heteroatoms. The first-order chi connectivity index (χ1) is 8.40. The maximum atomic E-state index is 12.0. The van der Waals surface area contributed by atoms with Crippen LogP contribution in [0.5, 0.6) is 0 Å². The number of ether oxygens (including phenoxy) is 1. The van der Waals surface area contributed by atoms with Gasteiger partial charge < -0.3 is 15.0 Å². The molecule has 18 heavy (non-hydrogen) atoms. The SMILES string of the molecule is CC(C)(C)COC(=O)N1CCC2(CCCNC2)C1. The molecule has 0 aliphatic carbocycles. The van der Waals surface area contributed by atoms with Crippen molar-refractivity contribution in [1.82, 2.24) is 10.2 Å². The van der Waals surface area contributed by atoms with Crippen molar-refractivity contribution in [3.8, 4) is 0 Å². The van der Waals surface area contributed by atoms with E-state index >= 15 is 0 Å². The molecule has 1 amide bonds. The van der Waals surface area contributed by atoms with Gasteiger partial charge in [-0.3, -0.25) is 0 Å². The molecule has 2 fully saturated rings. The topological polar surface area (TPSA) is 41.6 Å². The highest BCUT2D eigenvalue weighted by Gasteiger charge is 2.41. The summed E-state index contributed by atoms with van der Waals surface area (Å²) in [4.78, 5) is 13.9. The lowest BCUT2D eigenvalue weighted by molar-refractivity contribution is 0.0737. The number of hydrogen-bond acceptors (Lipinski definition) is 3. The monoisotopic (exact) mass is 254 g/mol. The van der Waals surface area contributed by atoms with Crippen LogP contribution in [-0.2, 0) is 4.74 Å². The number of amides is 1. The number of carbonyl (C=O) groups is 1. The summed E-state index contributed by atoms with van der Waals surface area (Å²) in [6.45, 7) is 10.6. The van der Waals surface area contributed by atoms with E-state index in [1.54, 1.807) is 0 Å². The van der Waals surface area contributed by atoms with E-state index in [2.05, 4.69) is 26.1 Å². The number of hydrogen-bond donors (Lipinski definition) is 1. The van der Waals surface area contributed by atoms with Crippen molar-refractivity contribution in [1.29, 1.82) is 0 Å². The van der Waals surface area contributed by atoms with E-state index in [-0.39, 0.29) is 11.5 Å². The van der Waals surface area contributed by atoms with E-state index in [1.165, 1.54) is 12.8 Å². The Morgan fingerprint density at radius 3 is 2.78 bits per heavy atom. The molecule has 0 aromatic heterocycles. The van der Waals surface area contributed by atoms with Crippen LogP contribution < -0.4 is 5.32 Å². The van der Waals surface area contributed by atoms with Crippen molar-refractivity contribution in [2.45, 2.75) is 40.0 Å². The lowest BCUT2D eigenvalue weighted by Crippen LogP contribution is -2.43. The quantitative estimate of drug-likeness (QED) is 0.780. The van der Waals surface area contributed by atoms with Gasteiger partial charge in [0, 0.05) is 25.0 Å². The third kappa shape index (κ3) is 3.37. The molecular weight excluding hydrogens is 228 g/mol. The molecular formula is C14H26N2O2. The molecule has 0 aromatic rings. The van der Waals surface area contributed by atoms with Crippen LogP contribution in [-0.4, -0.2) is 43.8 Å². The first-order valence-electron chi connectivity index (χ1n) is 7.03. The summed E-state index contributed by atoms with van der Waals surface area (Å²) in [6.07, 6.45) is 3.45. The maximum absolute atomic E-state index is 12.0. The minimum Gasteiger partial charge on any atom is -0.449 e. The zero-order chi connectivity index (χ0) is 13.2. The molecule has 0 bridgehead atoms. The van der Waals surface area contributed by atoms with E-state index in [9.17, 15) is 4.79 Å². The molecule has 104 valence electrons. The van der Waals surface area contributed by atoms with E-state index in [0.29, 0.717) is 12.0 Å². The predicted octanol–water partition coefficient (Wildman–Crippen LogP) is 2.24. The molecule has 2 aliphatic rings. The zero-order valence-electron chi connectivity index (χ0n) is 11.9. The molecule has 0 radical (unpaired) electrons. The Morgan fingerprint density at radius 2 is 2.17 bits per heavy atom. The second-order valence-electron chi connectivity index (χ2n) is 7.07. The van der Waals surface area contributed by atoms with Crippen LogP contribution in [0, 0.1) is 10.8 Å². The van der Waals surface area contributed by atoms with Crippen LogP contribution in [0.1, 0.15) is 40.0 Å². The lowest BCUT2D eigenvalue weighted by atomic mass is 9.80. The van der Waals surface area contributed by atoms with Crippen LogP contribution >= 0.6 is 0 Å². The van der Waals surface area contributed by atoms with E-state index in [4.69, 9.17) is 4.74 Å². The van der Waals surface area contributed by atoms with Gasteiger partial charge in [-0.25, -0.2) is 4.79 Å². The summed E-state index contributed by atoms with van der Waals surface area (Å²) in [5.41, 5.74) is 0.360. The number of carbonyl (C=O) groups excluding carboxylic acids is 1. The van der Waals surface area contributed by atoms with Gasteiger partial charge in [0.2, 0.25) is 0 Å². The van der Waals surface area contributed by atoms with E-state index in [1.807, 2.05) is 4.90 Å². The normalized spacial score (nSPS) is 28.7. The van der Waals surface area contributed by atoms with Crippen molar-refractivity contribution < 1.29 is 9.53 Å². The van der Waals surface area contributed by atoms with Crippen LogP contribution in [0.4, 0.5) is 4.79 Å². The fraction of sp³-hybridized carbons (Fsp3) is 0.929. The average Bonchev–Trinajstić information content (AvgIpc) is 2.70. The molecule has 1 N–H and O–H groups in total. The Kier molecular flexibility index (Phi) is 3.85. The number of piperidine rings is 1. The second kappa shape index (κ2) is 5.08. The van der Waals surface area contributed by atoms with Crippen LogP contribution in [0.25, 0.3) is 0 Å². The van der Waals surface area contributed by atoms with Gasteiger partial charge in [-0.2, -0.15) is 0 Å². The van der Waals surface area contributed by atoms with Gasteiger partial charge in [0.1, 0.15) is 0 Å². The first-order valence-corrected chi connectivity index (χ1v) is 7.03. The first kappa shape index (κ1) is 13.7. The van der Waals surface area contributed by atoms with Gasteiger partial charge in [-0.1, -0.05) is 20.8 Å². The highest BCUT2D eigenvalue weighted by Crippen LogP contribution is 2.36. The number of nitrogens with one attached hydrogen (secondary N) is 1. The van der Waals surface area contributed by atoms with E-state index < -0.39 is 0 Å². The Hall–Kier alpha value is -0.770. The third-order valence-electron chi connectivity index (χ3n) is 3.89. The van der Waals surface area contributed by atoms with Crippen molar-refractivity contribution in [2.24, 2.45) is 10.8 Å². The summed E-state index contributed by atoms with van der Waals surface area (Å²) < 4.78 is 5.39. The van der Waals surface area contributed by atoms with Crippen molar-refractivity contribution >= 4 is 6.09 Å². The molecule has 1 spiro atoms. The predicted molar refractivity (Wildman–Crippen MR) is 71.5 cm³/mol. The largest absolute Gasteiger partial charge is 0.449 e. The Bertz CT molecular complexity index is 303. The Morgan fingerprint density at radius 1 is 1.39 bits per heavy atom. The summed E-state index contributed by atoms with van der Waals surface area (Å²) in [5, 5.41) is 3.45. The summed E-state index contributed by atoms with van der Waals surface area (Å²) in [7, 11) is 0. The Labute approximate surface area is 110 Å². The molecule has 1 unspecified atom stereocenters. The van der Waals surface area contributed by atoms with Gasteiger partial charge in [-0.05, 0) is 31.2 Å². The molecule has 1 atom stereocenters. The van der Waals surface area contributed by atoms with E-state index in [0.717, 1.165) is 32.6 Å². The van der Waals surface area contributed by atoms with Crippen LogP contribution in [0.15, 0.2) is 0 Å². The highest BCUT2D eigenvalue weighted by atomic mass is 16.6. The van der Waals surface area contributed by atoms with Crippen molar-refractivity contribution in [2.75, 3.05) is 32.8 Å². The maximum Gasteiger partial charge on any atom is 0.409 e. The number of rotatable bonds is 1. The standard InChI is InChI=1S/C14H26N2O2/c1-13(2,3)11-18-12(17)16-8-6-14(10-16)5-4-7-15-9-14/h15H,4-11H2,1-3H3. The third-order valence-corrected chi connectivity index (χ3v) is 3.89. The lowest BCUT2D eigenvalue weighted by Gasteiger charge is -2.33. The summed E-state index contributed by atoms with van der Waals surface area (Å²) >= 11 is 0. The molecule has 4 nitrogen and oxygen atoms in total. The Balaban J connectivity index is 1.82. The fourth-order valence-electron chi connectivity index (χ4n) is 2.84. The zero-order valence-corrected chi connectivity index (χ0v) is 11.9. The average molecular weight is 254 g/mol. The fourth-order valence-corrected chi connectivity index (χ4v) is 2.84. The van der Waals surface area contributed by atoms with Crippen molar-refractivity contribution in [3.05, 3.63) is 0 Å². The molecule has 2 rings (SSSR count). The molecule has 0 saturated carbocycles. The molecule has 2 heterocycles. The molecule has 2 saturated heterocycles. The van der Waals surface area contributed by atoms with Crippen LogP contribution in [0.3, 0.4) is 0 Å². The van der Waals surface area contributed by atoms with Gasteiger partial charge in [0.05, 0.1) is 6.61 Å². The number of nitrogens with zero attached hydrogens (tertiary/aromatic N) is 1. The molecule has 2 aliphatic heterocycles. The van der Waals surface area contributed by atoms with Gasteiger partial charge in [0.15, 0.2) is 0 Å². The molecule has 0 aromatic carbocycles. The minimum atomic E-state index is -0.132. The van der Waals surface area contributed by atoms with Gasteiger partial charge in [0.25, 0.3) is 0 Å². The second-order valence-corrected chi connectivity index (χ2v) is 7.07. The van der Waals surface area contributed by atoms with Gasteiger partial charge in [-0.15, -0.1) is 0 Å². The van der Waals surface area contributed by atoms with Crippen molar-refractivity contribution in [3.63, 3.8) is 0 Å². The highest BCUT2D eigenvalue weighted by molar-refractivity contribution is 5.68. The van der Waals surface area contributed by atoms with Gasteiger partial charge >= 0.3 is 6.09 Å². The smallest absolute Gasteiger partial charge is 0.409 e. The summed E-state index contributed by atoms with van der Waals surface area (Å²) in [6, 6.07) is 0. The minimum absolute atomic E-state index is 0.0411. The number of likely N-dealkylation sites (tertiary alicyclic amines) is 1. The summed E-state index contributed by atoms with van der Waals surface area (Å²) in [5.74, 6) is 0. The van der Waals surface area contributed by atoms with Crippen LogP contribution in [0.2, 0.25) is 0 Å².